The van der Waals surface area contributed by atoms with Gasteiger partial charge >= 0.3 is 12.1 Å². The summed E-state index contributed by atoms with van der Waals surface area (Å²) in [6.07, 6.45) is 5.51. The lowest BCUT2D eigenvalue weighted by Gasteiger charge is -2.42. The molecule has 0 spiro atoms. The summed E-state index contributed by atoms with van der Waals surface area (Å²) in [6, 6.07) is 13.0. The van der Waals surface area contributed by atoms with E-state index in [1.807, 2.05) is 46.2 Å². The summed E-state index contributed by atoms with van der Waals surface area (Å²) in [5.74, 6) is -0.0402. The van der Waals surface area contributed by atoms with Crippen LogP contribution in [-0.2, 0) is 17.6 Å². The smallest absolute Gasteiger partial charge is 0.322 e. The second-order valence-corrected chi connectivity index (χ2v) is 13.6. The Morgan fingerprint density at radius 3 is 2.50 bits per heavy atom. The predicted octanol–water partition coefficient (Wildman–Crippen LogP) is 2.43. The lowest BCUT2D eigenvalue weighted by atomic mass is 10.0. The molecule has 256 valence electrons. The van der Waals surface area contributed by atoms with E-state index in [1.54, 1.807) is 11.1 Å². The Kier molecular flexibility index (Phi) is 9.78. The Balaban J connectivity index is 0.981. The van der Waals surface area contributed by atoms with E-state index in [2.05, 4.69) is 48.9 Å². The number of amides is 5. The Morgan fingerprint density at radius 2 is 1.67 bits per heavy atom. The lowest BCUT2D eigenvalue weighted by Crippen LogP contribution is -2.60. The van der Waals surface area contributed by atoms with Crippen LogP contribution >= 0.6 is 0 Å². The van der Waals surface area contributed by atoms with Gasteiger partial charge in [-0.15, -0.1) is 0 Å². The summed E-state index contributed by atoms with van der Waals surface area (Å²) in [4.78, 5) is 49.0. The SMILES string of the molecule is CN1CCCN(N2CCN(C(=O)C(Cc3ccc4[nH]ncc4c3)NC(=O)N3CCC(N4CCc5ccccc5NC4=O)CC3)CC2)CC1. The van der Waals surface area contributed by atoms with Gasteiger partial charge in [0, 0.05) is 89.0 Å². The molecule has 5 heterocycles. The molecule has 0 radical (unpaired) electrons. The molecule has 0 aliphatic carbocycles. The Labute approximate surface area is 282 Å². The number of piperazine rings is 1. The number of carbonyl (C=O) groups excluding carboxylic acids is 3. The van der Waals surface area contributed by atoms with Crippen molar-refractivity contribution in [2.75, 3.05) is 84.4 Å². The molecule has 3 fully saturated rings. The summed E-state index contributed by atoms with van der Waals surface area (Å²) in [5.41, 5.74) is 3.93. The first kappa shape index (κ1) is 32.4. The van der Waals surface area contributed by atoms with Crippen molar-refractivity contribution in [3.05, 3.63) is 59.8 Å². The topological polar surface area (TPSA) is 123 Å². The lowest BCUT2D eigenvalue weighted by molar-refractivity contribution is -0.138. The van der Waals surface area contributed by atoms with Crippen LogP contribution in [0.4, 0.5) is 15.3 Å². The van der Waals surface area contributed by atoms with Crippen LogP contribution in [-0.4, -0.2) is 149 Å². The van der Waals surface area contributed by atoms with Gasteiger partial charge in [0.2, 0.25) is 5.91 Å². The van der Waals surface area contributed by atoms with E-state index in [0.717, 1.165) is 79.8 Å². The minimum Gasteiger partial charge on any atom is -0.338 e. The van der Waals surface area contributed by atoms with Gasteiger partial charge in [-0.05, 0) is 68.6 Å². The highest BCUT2D eigenvalue weighted by molar-refractivity contribution is 5.91. The molecule has 7 rings (SSSR count). The monoisotopic (exact) mass is 656 g/mol. The molecule has 13 heteroatoms. The quantitative estimate of drug-likeness (QED) is 0.373. The van der Waals surface area contributed by atoms with Gasteiger partial charge in [0.15, 0.2) is 0 Å². The van der Waals surface area contributed by atoms with Gasteiger partial charge < -0.3 is 30.2 Å². The van der Waals surface area contributed by atoms with E-state index in [0.29, 0.717) is 52.0 Å². The number of hydrazine groups is 1. The molecule has 48 heavy (non-hydrogen) atoms. The molecule has 3 saturated heterocycles. The number of para-hydroxylation sites is 1. The van der Waals surface area contributed by atoms with Crippen LogP contribution in [0.25, 0.3) is 10.9 Å². The normalized spacial score (nSPS) is 21.4. The second kappa shape index (κ2) is 14.5. The molecule has 1 atom stereocenters. The van der Waals surface area contributed by atoms with Crippen LogP contribution in [0.2, 0.25) is 0 Å². The zero-order valence-electron chi connectivity index (χ0n) is 27.9. The van der Waals surface area contributed by atoms with E-state index in [9.17, 15) is 14.4 Å². The Morgan fingerprint density at radius 1 is 0.896 bits per heavy atom. The molecule has 0 saturated carbocycles. The summed E-state index contributed by atoms with van der Waals surface area (Å²) in [5, 5.41) is 19.2. The average Bonchev–Trinajstić information content (AvgIpc) is 3.37. The number of hydrogen-bond acceptors (Lipinski definition) is 7. The molecule has 2 aromatic carbocycles. The third kappa shape index (κ3) is 7.27. The maximum absolute atomic E-state index is 14.1. The van der Waals surface area contributed by atoms with Crippen molar-refractivity contribution in [3.8, 4) is 0 Å². The van der Waals surface area contributed by atoms with Gasteiger partial charge in [0.1, 0.15) is 6.04 Å². The van der Waals surface area contributed by atoms with Crippen LogP contribution < -0.4 is 10.6 Å². The van der Waals surface area contributed by atoms with Crippen molar-refractivity contribution in [1.29, 1.82) is 0 Å². The summed E-state index contributed by atoms with van der Waals surface area (Å²) >= 11 is 0. The van der Waals surface area contributed by atoms with Crippen LogP contribution in [0.15, 0.2) is 48.7 Å². The number of nitrogens with one attached hydrogen (secondary N) is 3. The largest absolute Gasteiger partial charge is 0.338 e. The minimum atomic E-state index is -0.687. The van der Waals surface area contributed by atoms with Gasteiger partial charge in [-0.2, -0.15) is 5.10 Å². The highest BCUT2D eigenvalue weighted by Crippen LogP contribution is 2.25. The molecule has 4 aliphatic heterocycles. The van der Waals surface area contributed by atoms with Gasteiger partial charge in [-0.1, -0.05) is 24.3 Å². The van der Waals surface area contributed by atoms with Crippen molar-refractivity contribution in [2.24, 2.45) is 0 Å². The van der Waals surface area contributed by atoms with Crippen molar-refractivity contribution >= 4 is 34.6 Å². The molecule has 3 N–H and O–H groups in total. The number of nitrogens with zero attached hydrogens (tertiary/aromatic N) is 7. The van der Waals surface area contributed by atoms with Crippen LogP contribution in [0.1, 0.15) is 30.4 Å². The van der Waals surface area contributed by atoms with Crippen LogP contribution in [0.5, 0.6) is 0 Å². The fourth-order valence-electron chi connectivity index (χ4n) is 7.65. The van der Waals surface area contributed by atoms with Crippen molar-refractivity contribution in [2.45, 2.75) is 44.2 Å². The molecule has 5 amide bonds. The number of H-pyrrole nitrogens is 1. The van der Waals surface area contributed by atoms with Gasteiger partial charge in [0.05, 0.1) is 11.7 Å². The molecular formula is C35H48N10O3. The maximum Gasteiger partial charge on any atom is 0.322 e. The number of benzene rings is 2. The fraction of sp³-hybridized carbons (Fsp3) is 0.543. The standard InChI is InChI=1S/C35H48N10O3/c1-40-12-4-13-43(20-17-40)44-21-18-41(19-22-44)33(46)32(24-26-7-8-31-28(23-26)25-36-39-31)38-34(47)42-14-10-29(11-15-42)45-16-9-27-5-2-3-6-30(27)37-35(45)48/h2-3,5-8,23,25,29,32H,4,9-22,24H2,1H3,(H,36,39)(H,37,48)(H,38,47). The van der Waals surface area contributed by atoms with E-state index >= 15 is 0 Å². The molecule has 1 unspecified atom stereocenters. The van der Waals surface area contributed by atoms with Crippen LogP contribution in [0, 0.1) is 0 Å². The number of anilines is 1. The van der Waals surface area contributed by atoms with Crippen molar-refractivity contribution in [1.82, 2.24) is 45.1 Å². The number of aromatic amines is 1. The molecule has 4 aliphatic rings. The predicted molar refractivity (Wildman–Crippen MR) is 184 cm³/mol. The highest BCUT2D eigenvalue weighted by Gasteiger charge is 2.35. The van der Waals surface area contributed by atoms with E-state index in [4.69, 9.17) is 0 Å². The van der Waals surface area contributed by atoms with Gasteiger partial charge in [0.25, 0.3) is 0 Å². The van der Waals surface area contributed by atoms with Gasteiger partial charge in [-0.25, -0.2) is 19.6 Å². The minimum absolute atomic E-state index is 0.0402. The summed E-state index contributed by atoms with van der Waals surface area (Å²) in [6.45, 7) is 8.76. The number of urea groups is 2. The zero-order valence-corrected chi connectivity index (χ0v) is 27.9. The average molecular weight is 657 g/mol. The van der Waals surface area contributed by atoms with Crippen molar-refractivity contribution in [3.63, 3.8) is 0 Å². The van der Waals surface area contributed by atoms with Crippen molar-refractivity contribution < 1.29 is 14.4 Å². The third-order valence-corrected chi connectivity index (χ3v) is 10.5. The van der Waals surface area contributed by atoms with E-state index in [1.165, 1.54) is 0 Å². The number of hydrogen-bond donors (Lipinski definition) is 3. The molecule has 0 bridgehead atoms. The number of aromatic nitrogens is 2. The molecule has 3 aromatic rings. The molecule has 1 aromatic heterocycles. The number of likely N-dealkylation sites (N-methyl/N-ethyl adjacent to an activating group) is 1. The number of likely N-dealkylation sites (tertiary alicyclic amines) is 1. The Bertz CT molecular complexity index is 1600. The molecule has 13 nitrogen and oxygen atoms in total. The van der Waals surface area contributed by atoms with Crippen LogP contribution in [0.3, 0.4) is 0 Å². The summed E-state index contributed by atoms with van der Waals surface area (Å²) in [7, 11) is 2.18. The summed E-state index contributed by atoms with van der Waals surface area (Å²) < 4.78 is 0. The second-order valence-electron chi connectivity index (χ2n) is 13.6. The van der Waals surface area contributed by atoms with Gasteiger partial charge in [-0.3, -0.25) is 9.89 Å². The zero-order chi connectivity index (χ0) is 33.0. The maximum atomic E-state index is 14.1. The Hall–Kier alpha value is -4.20. The number of piperidine rings is 1. The van der Waals surface area contributed by atoms with E-state index < -0.39 is 6.04 Å². The highest BCUT2D eigenvalue weighted by atomic mass is 16.2. The number of rotatable bonds is 6. The first-order valence-electron chi connectivity index (χ1n) is 17.5. The van der Waals surface area contributed by atoms with E-state index in [-0.39, 0.29) is 24.0 Å². The number of fused-ring (bicyclic) bond motifs is 2. The number of carbonyl (C=O) groups is 3. The first-order valence-corrected chi connectivity index (χ1v) is 17.5. The molecular weight excluding hydrogens is 608 g/mol. The third-order valence-electron chi connectivity index (χ3n) is 10.5. The first-order chi connectivity index (χ1) is 23.4. The fourth-order valence-corrected chi connectivity index (χ4v) is 7.65.